The van der Waals surface area contributed by atoms with E-state index in [-0.39, 0.29) is 11.3 Å². The Morgan fingerprint density at radius 1 is 0.933 bits per heavy atom. The summed E-state index contributed by atoms with van der Waals surface area (Å²) in [7, 11) is 0. The first-order valence-electron chi connectivity index (χ1n) is 9.58. The fourth-order valence-corrected chi connectivity index (χ4v) is 4.04. The van der Waals surface area contributed by atoms with Crippen molar-refractivity contribution in [2.75, 3.05) is 0 Å². The predicted molar refractivity (Wildman–Crippen MR) is 121 cm³/mol. The van der Waals surface area contributed by atoms with E-state index in [0.717, 1.165) is 33.3 Å². The van der Waals surface area contributed by atoms with Crippen molar-refractivity contribution in [2.45, 2.75) is 13.8 Å². The number of nitrogens with one attached hydrogen (secondary N) is 1. The van der Waals surface area contributed by atoms with Crippen molar-refractivity contribution < 1.29 is 9.52 Å². The molecule has 0 spiro atoms. The maximum Gasteiger partial charge on any atom is 0.348 e. The number of aromatic hydroxyl groups is 1. The second-order valence-corrected chi connectivity index (χ2v) is 7.90. The van der Waals surface area contributed by atoms with Gasteiger partial charge in [0.15, 0.2) is 0 Å². The van der Waals surface area contributed by atoms with E-state index >= 15 is 0 Å². The van der Waals surface area contributed by atoms with E-state index in [9.17, 15) is 9.90 Å². The van der Waals surface area contributed by atoms with Gasteiger partial charge in [-0.15, -0.1) is 0 Å². The van der Waals surface area contributed by atoms with Crippen molar-refractivity contribution in [3.8, 4) is 28.1 Å². The molecule has 4 nitrogen and oxygen atoms in total. The van der Waals surface area contributed by atoms with Gasteiger partial charge in [0, 0.05) is 21.5 Å². The van der Waals surface area contributed by atoms with Crippen LogP contribution < -0.4 is 5.63 Å². The maximum atomic E-state index is 13.0. The average Bonchev–Trinajstić information content (AvgIpc) is 3.07. The number of aromatic amines is 1. The van der Waals surface area contributed by atoms with Crippen LogP contribution in [0.4, 0.5) is 0 Å². The van der Waals surface area contributed by atoms with Crippen molar-refractivity contribution in [1.29, 1.82) is 0 Å². The van der Waals surface area contributed by atoms with Crippen LogP contribution in [0.3, 0.4) is 0 Å². The molecule has 0 atom stereocenters. The fourth-order valence-electron chi connectivity index (χ4n) is 3.87. The van der Waals surface area contributed by atoms with Crippen LogP contribution in [0.25, 0.3) is 44.3 Å². The first-order chi connectivity index (χ1) is 14.4. The highest BCUT2D eigenvalue weighted by Gasteiger charge is 2.24. The van der Waals surface area contributed by atoms with Gasteiger partial charge in [0.25, 0.3) is 0 Å². The van der Waals surface area contributed by atoms with Gasteiger partial charge in [0.05, 0.1) is 11.1 Å². The molecular weight excluding hydrogens is 398 g/mol. The minimum atomic E-state index is -0.590. The molecule has 5 aromatic rings. The largest absolute Gasteiger partial charge is 0.506 e. The smallest absolute Gasteiger partial charge is 0.348 e. The van der Waals surface area contributed by atoms with Gasteiger partial charge >= 0.3 is 5.63 Å². The Balaban J connectivity index is 1.94. The van der Waals surface area contributed by atoms with Gasteiger partial charge in [-0.3, -0.25) is 0 Å². The van der Waals surface area contributed by atoms with E-state index in [2.05, 4.69) is 4.98 Å². The van der Waals surface area contributed by atoms with E-state index in [0.29, 0.717) is 21.6 Å². The summed E-state index contributed by atoms with van der Waals surface area (Å²) in [6.07, 6.45) is 0. The predicted octanol–water partition coefficient (Wildman–Crippen LogP) is 6.58. The van der Waals surface area contributed by atoms with Crippen LogP contribution in [0.1, 0.15) is 11.1 Å². The highest BCUT2D eigenvalue weighted by Crippen LogP contribution is 2.43. The molecule has 0 radical (unpaired) electrons. The SMILES string of the molecule is Cc1ccc(-c2[nH]c3cc(Cl)c(C)cc3c2-c2c(O)c3ccccc3oc2=O)cc1. The monoisotopic (exact) mass is 415 g/mol. The summed E-state index contributed by atoms with van der Waals surface area (Å²) < 4.78 is 5.55. The van der Waals surface area contributed by atoms with Gasteiger partial charge in [0.1, 0.15) is 16.9 Å². The number of H-pyrrole nitrogens is 1. The van der Waals surface area contributed by atoms with Crippen molar-refractivity contribution in [3.63, 3.8) is 0 Å². The highest BCUT2D eigenvalue weighted by atomic mass is 35.5. The summed E-state index contributed by atoms with van der Waals surface area (Å²) in [6, 6.07) is 18.7. The summed E-state index contributed by atoms with van der Waals surface area (Å²) in [5.41, 5.74) is 4.91. The van der Waals surface area contributed by atoms with Crippen LogP contribution in [0.5, 0.6) is 5.75 Å². The number of fused-ring (bicyclic) bond motifs is 2. The van der Waals surface area contributed by atoms with Gasteiger partial charge in [-0.2, -0.15) is 0 Å². The molecule has 0 aliphatic rings. The van der Waals surface area contributed by atoms with Gasteiger partial charge in [0.2, 0.25) is 0 Å². The summed E-state index contributed by atoms with van der Waals surface area (Å²) in [5.74, 6) is -0.0938. The number of benzene rings is 3. The third kappa shape index (κ3) is 2.80. The number of aromatic nitrogens is 1. The molecule has 0 unspecified atom stereocenters. The van der Waals surface area contributed by atoms with Gasteiger partial charge < -0.3 is 14.5 Å². The quantitative estimate of drug-likeness (QED) is 0.320. The lowest BCUT2D eigenvalue weighted by molar-refractivity contribution is 0.471. The number of hydrogen-bond acceptors (Lipinski definition) is 3. The standard InChI is InChI=1S/C25H18ClNO3/c1-13-7-9-15(10-8-13)23-21(17-11-14(2)18(26)12-19(17)27-23)22-24(28)16-5-3-4-6-20(16)30-25(22)29/h3-12,27-28H,1-2H3. The summed E-state index contributed by atoms with van der Waals surface area (Å²) >= 11 is 6.35. The molecule has 30 heavy (non-hydrogen) atoms. The molecular formula is C25H18ClNO3. The lowest BCUT2D eigenvalue weighted by Crippen LogP contribution is -2.04. The zero-order valence-electron chi connectivity index (χ0n) is 16.4. The normalized spacial score (nSPS) is 11.4. The maximum absolute atomic E-state index is 13.0. The Morgan fingerprint density at radius 2 is 1.67 bits per heavy atom. The third-order valence-corrected chi connectivity index (χ3v) is 5.86. The molecule has 0 amide bonds. The molecule has 5 rings (SSSR count). The second kappa shape index (κ2) is 6.78. The Kier molecular flexibility index (Phi) is 4.19. The van der Waals surface area contributed by atoms with E-state index in [1.165, 1.54) is 0 Å². The molecule has 0 aliphatic carbocycles. The average molecular weight is 416 g/mol. The zero-order chi connectivity index (χ0) is 21.0. The first-order valence-corrected chi connectivity index (χ1v) is 9.96. The van der Waals surface area contributed by atoms with E-state index in [1.54, 1.807) is 24.3 Å². The molecule has 0 aliphatic heterocycles. The minimum absolute atomic E-state index is 0.0938. The van der Waals surface area contributed by atoms with Gasteiger partial charge in [-0.1, -0.05) is 53.6 Å². The van der Waals surface area contributed by atoms with E-state index in [1.807, 2.05) is 50.2 Å². The van der Waals surface area contributed by atoms with Crippen molar-refractivity contribution >= 4 is 33.5 Å². The molecule has 0 saturated carbocycles. The number of halogens is 1. The fraction of sp³-hybridized carbons (Fsp3) is 0.0800. The van der Waals surface area contributed by atoms with Crippen LogP contribution >= 0.6 is 11.6 Å². The van der Waals surface area contributed by atoms with Crippen LogP contribution in [-0.4, -0.2) is 10.1 Å². The molecule has 2 aromatic heterocycles. The van der Waals surface area contributed by atoms with E-state index < -0.39 is 5.63 Å². The third-order valence-electron chi connectivity index (χ3n) is 5.45. The first kappa shape index (κ1) is 18.5. The van der Waals surface area contributed by atoms with Gasteiger partial charge in [-0.25, -0.2) is 4.79 Å². The minimum Gasteiger partial charge on any atom is -0.506 e. The van der Waals surface area contributed by atoms with E-state index in [4.69, 9.17) is 16.0 Å². The highest BCUT2D eigenvalue weighted by molar-refractivity contribution is 6.32. The molecule has 5 heteroatoms. The lowest BCUT2D eigenvalue weighted by atomic mass is 9.96. The second-order valence-electron chi connectivity index (χ2n) is 7.50. The molecule has 0 saturated heterocycles. The molecule has 148 valence electrons. The molecule has 2 heterocycles. The van der Waals surface area contributed by atoms with Crippen LogP contribution in [0, 0.1) is 13.8 Å². The number of para-hydroxylation sites is 1. The molecule has 2 N–H and O–H groups in total. The Morgan fingerprint density at radius 3 is 2.43 bits per heavy atom. The number of aryl methyl sites for hydroxylation is 2. The zero-order valence-corrected chi connectivity index (χ0v) is 17.2. The Hall–Kier alpha value is -3.50. The van der Waals surface area contributed by atoms with Crippen LogP contribution in [0.2, 0.25) is 5.02 Å². The summed E-state index contributed by atoms with van der Waals surface area (Å²) in [5, 5.41) is 13.0. The molecule has 0 fully saturated rings. The lowest BCUT2D eigenvalue weighted by Gasteiger charge is -2.09. The number of hydrogen-bond donors (Lipinski definition) is 2. The number of rotatable bonds is 2. The molecule has 3 aromatic carbocycles. The van der Waals surface area contributed by atoms with Crippen LogP contribution in [-0.2, 0) is 0 Å². The Bertz CT molecular complexity index is 1490. The molecule has 0 bridgehead atoms. The summed E-state index contributed by atoms with van der Waals surface area (Å²) in [6.45, 7) is 3.93. The van der Waals surface area contributed by atoms with Crippen molar-refractivity contribution in [2.24, 2.45) is 0 Å². The van der Waals surface area contributed by atoms with Crippen LogP contribution in [0.15, 0.2) is 69.9 Å². The topological polar surface area (TPSA) is 66.2 Å². The van der Waals surface area contributed by atoms with Crippen molar-refractivity contribution in [3.05, 3.63) is 87.2 Å². The van der Waals surface area contributed by atoms with Crippen molar-refractivity contribution in [1.82, 2.24) is 4.98 Å². The summed E-state index contributed by atoms with van der Waals surface area (Å²) in [4.78, 5) is 16.4. The Labute approximate surface area is 177 Å². The van der Waals surface area contributed by atoms with Gasteiger partial charge in [-0.05, 0) is 49.2 Å².